The van der Waals surface area contributed by atoms with Crippen LogP contribution in [0.3, 0.4) is 0 Å². The van der Waals surface area contributed by atoms with Crippen molar-refractivity contribution in [1.82, 2.24) is 9.97 Å². The Kier molecular flexibility index (Phi) is 3.90. The van der Waals surface area contributed by atoms with Crippen molar-refractivity contribution in [3.63, 3.8) is 0 Å². The number of nitrogens with zero attached hydrogens (tertiary/aromatic N) is 3. The highest BCUT2D eigenvalue weighted by Crippen LogP contribution is 2.31. The number of anilines is 1. The second-order valence-electron chi connectivity index (χ2n) is 4.75. The van der Waals surface area contributed by atoms with E-state index in [1.807, 2.05) is 30.5 Å². The zero-order valence-corrected chi connectivity index (χ0v) is 13.1. The van der Waals surface area contributed by atoms with Crippen LogP contribution in [0.15, 0.2) is 29.8 Å². The number of hydrogen-bond donors (Lipinski definition) is 1. The number of nitrogens with one attached hydrogen (secondary N) is 1. The summed E-state index contributed by atoms with van der Waals surface area (Å²) in [6.45, 7) is 2.54. The van der Waals surface area contributed by atoms with Crippen molar-refractivity contribution >= 4 is 27.9 Å². The quantitative estimate of drug-likeness (QED) is 0.798. The summed E-state index contributed by atoms with van der Waals surface area (Å²) in [7, 11) is 1.61. The number of para-hydroxylation sites is 1. The van der Waals surface area contributed by atoms with Crippen molar-refractivity contribution in [2.75, 3.05) is 12.4 Å². The molecule has 0 aliphatic heterocycles. The summed E-state index contributed by atoms with van der Waals surface area (Å²) in [6, 6.07) is 7.86. The molecule has 0 spiro atoms. The summed E-state index contributed by atoms with van der Waals surface area (Å²) in [5, 5.41) is 16.5. The third kappa shape index (κ3) is 2.59. The van der Waals surface area contributed by atoms with Crippen molar-refractivity contribution in [3.8, 4) is 11.8 Å². The van der Waals surface area contributed by atoms with E-state index < -0.39 is 0 Å². The van der Waals surface area contributed by atoms with E-state index in [-0.39, 0.29) is 0 Å². The Hall–Kier alpha value is -2.65. The van der Waals surface area contributed by atoms with E-state index >= 15 is 0 Å². The fourth-order valence-electron chi connectivity index (χ4n) is 2.28. The number of benzene rings is 1. The maximum atomic E-state index is 9.33. The molecule has 0 aliphatic rings. The predicted molar refractivity (Wildman–Crippen MR) is 87.2 cm³/mol. The summed E-state index contributed by atoms with van der Waals surface area (Å²) in [6.07, 6.45) is 1.57. The van der Waals surface area contributed by atoms with E-state index in [1.165, 1.54) is 0 Å². The van der Waals surface area contributed by atoms with E-state index in [1.54, 1.807) is 24.6 Å². The number of fused-ring (bicyclic) bond motifs is 1. The van der Waals surface area contributed by atoms with Crippen molar-refractivity contribution in [1.29, 1.82) is 5.26 Å². The van der Waals surface area contributed by atoms with Crippen LogP contribution in [0.1, 0.15) is 16.3 Å². The highest BCUT2D eigenvalue weighted by molar-refractivity contribution is 7.09. The molecular formula is C16H14N4OS. The summed E-state index contributed by atoms with van der Waals surface area (Å²) in [5.74, 6) is 0.690. The third-order valence-corrected chi connectivity index (χ3v) is 4.25. The molecule has 5 nitrogen and oxygen atoms in total. The first-order valence-electron chi connectivity index (χ1n) is 6.73. The third-order valence-electron chi connectivity index (χ3n) is 3.28. The second kappa shape index (κ2) is 6.00. The van der Waals surface area contributed by atoms with E-state index in [0.29, 0.717) is 17.9 Å². The van der Waals surface area contributed by atoms with Gasteiger partial charge in [-0.2, -0.15) is 5.26 Å². The molecule has 110 valence electrons. The highest BCUT2D eigenvalue weighted by Gasteiger charge is 2.12. The van der Waals surface area contributed by atoms with E-state index in [9.17, 15) is 5.26 Å². The second-order valence-corrected chi connectivity index (χ2v) is 5.69. The van der Waals surface area contributed by atoms with Crippen molar-refractivity contribution in [2.45, 2.75) is 13.5 Å². The molecule has 1 aromatic carbocycles. The Morgan fingerprint density at radius 1 is 1.41 bits per heavy atom. The molecule has 0 atom stereocenters. The number of aryl methyl sites for hydroxylation is 1. The van der Waals surface area contributed by atoms with Crippen LogP contribution in [0.2, 0.25) is 0 Å². The minimum absolute atomic E-state index is 0.508. The van der Waals surface area contributed by atoms with Crippen LogP contribution >= 0.6 is 11.3 Å². The monoisotopic (exact) mass is 310 g/mol. The lowest BCUT2D eigenvalue weighted by Crippen LogP contribution is -2.03. The molecule has 0 radical (unpaired) electrons. The van der Waals surface area contributed by atoms with Crippen LogP contribution in [0.25, 0.3) is 10.9 Å². The minimum atomic E-state index is 0.508. The smallest absolute Gasteiger partial charge is 0.145 e. The molecule has 0 bridgehead atoms. The first-order chi connectivity index (χ1) is 10.7. The van der Waals surface area contributed by atoms with Crippen LogP contribution in [0.4, 0.5) is 5.69 Å². The molecular weight excluding hydrogens is 296 g/mol. The molecule has 3 rings (SSSR count). The molecule has 0 aliphatic carbocycles. The van der Waals surface area contributed by atoms with E-state index in [4.69, 9.17) is 4.74 Å². The molecule has 3 aromatic rings. The van der Waals surface area contributed by atoms with Crippen LogP contribution in [-0.4, -0.2) is 17.1 Å². The van der Waals surface area contributed by atoms with Crippen LogP contribution in [-0.2, 0) is 6.54 Å². The number of pyridine rings is 1. The molecule has 6 heteroatoms. The Balaban J connectivity index is 2.04. The van der Waals surface area contributed by atoms with Gasteiger partial charge in [-0.15, -0.1) is 11.3 Å². The summed E-state index contributed by atoms with van der Waals surface area (Å²) < 4.78 is 5.34. The van der Waals surface area contributed by atoms with Crippen LogP contribution in [0.5, 0.6) is 5.75 Å². The number of ether oxygens (including phenoxy) is 1. The molecule has 2 heterocycles. The summed E-state index contributed by atoms with van der Waals surface area (Å²) in [5.41, 5.74) is 3.01. The maximum absolute atomic E-state index is 9.33. The topological polar surface area (TPSA) is 70.8 Å². The van der Waals surface area contributed by atoms with Gasteiger partial charge in [-0.05, 0) is 13.0 Å². The minimum Gasteiger partial charge on any atom is -0.494 e. The molecule has 0 saturated carbocycles. The van der Waals surface area contributed by atoms with Gasteiger partial charge in [0.2, 0.25) is 0 Å². The first-order valence-corrected chi connectivity index (χ1v) is 7.61. The van der Waals surface area contributed by atoms with Crippen LogP contribution in [0, 0.1) is 18.3 Å². The van der Waals surface area contributed by atoms with Gasteiger partial charge < -0.3 is 10.1 Å². The molecule has 2 aromatic heterocycles. The molecule has 22 heavy (non-hydrogen) atoms. The largest absolute Gasteiger partial charge is 0.494 e. The SMILES string of the molecule is COc1cccc2c(NCc3nc(C)cs3)c(C#N)cnc12. The number of hydrogen-bond acceptors (Lipinski definition) is 6. The van der Waals surface area contributed by atoms with Gasteiger partial charge in [0.15, 0.2) is 0 Å². The molecule has 0 saturated heterocycles. The van der Waals surface area contributed by atoms with E-state index in [0.717, 1.165) is 27.3 Å². The molecule has 0 unspecified atom stereocenters. The number of rotatable bonds is 4. The van der Waals surface area contributed by atoms with Gasteiger partial charge in [0.25, 0.3) is 0 Å². The molecule has 0 amide bonds. The van der Waals surface area contributed by atoms with Gasteiger partial charge in [-0.1, -0.05) is 12.1 Å². The Morgan fingerprint density at radius 2 is 2.27 bits per heavy atom. The molecule has 1 N–H and O–H groups in total. The number of thiazole rings is 1. The maximum Gasteiger partial charge on any atom is 0.145 e. The standard InChI is InChI=1S/C16H14N4OS/c1-10-9-22-14(20-10)8-19-15-11(6-17)7-18-16-12(15)4-3-5-13(16)21-2/h3-5,7,9H,8H2,1-2H3,(H,18,19). The average Bonchev–Trinajstić information content (AvgIpc) is 2.97. The highest BCUT2D eigenvalue weighted by atomic mass is 32.1. The van der Waals surface area contributed by atoms with Crippen molar-refractivity contribution < 1.29 is 4.74 Å². The van der Waals surface area contributed by atoms with Crippen LogP contribution < -0.4 is 10.1 Å². The zero-order valence-electron chi connectivity index (χ0n) is 12.3. The van der Waals surface area contributed by atoms with Gasteiger partial charge in [-0.3, -0.25) is 4.98 Å². The number of aromatic nitrogens is 2. The summed E-state index contributed by atoms with van der Waals surface area (Å²) >= 11 is 1.60. The lowest BCUT2D eigenvalue weighted by Gasteiger charge is -2.12. The van der Waals surface area contributed by atoms with Crippen molar-refractivity contribution in [2.24, 2.45) is 0 Å². The lowest BCUT2D eigenvalue weighted by molar-refractivity contribution is 0.419. The van der Waals surface area contributed by atoms with Gasteiger partial charge in [0, 0.05) is 22.7 Å². The molecule has 0 fully saturated rings. The zero-order chi connectivity index (χ0) is 15.5. The summed E-state index contributed by atoms with van der Waals surface area (Å²) in [4.78, 5) is 8.77. The fourth-order valence-corrected chi connectivity index (χ4v) is 3.00. The van der Waals surface area contributed by atoms with Gasteiger partial charge >= 0.3 is 0 Å². The Labute approximate surface area is 132 Å². The Bertz CT molecular complexity index is 866. The lowest BCUT2D eigenvalue weighted by atomic mass is 10.1. The van der Waals surface area contributed by atoms with Gasteiger partial charge in [-0.25, -0.2) is 4.98 Å². The van der Waals surface area contributed by atoms with E-state index in [2.05, 4.69) is 21.4 Å². The number of nitriles is 1. The average molecular weight is 310 g/mol. The number of methoxy groups -OCH3 is 1. The van der Waals surface area contributed by atoms with Crippen molar-refractivity contribution in [3.05, 3.63) is 46.0 Å². The normalized spacial score (nSPS) is 10.4. The predicted octanol–water partition coefficient (Wildman–Crippen LogP) is 3.49. The van der Waals surface area contributed by atoms with Gasteiger partial charge in [0.1, 0.15) is 22.3 Å². The van der Waals surface area contributed by atoms with Gasteiger partial charge in [0.05, 0.1) is 24.9 Å². The first kappa shape index (κ1) is 14.3. The fraction of sp³-hybridized carbons (Fsp3) is 0.188. The Morgan fingerprint density at radius 3 is 2.95 bits per heavy atom.